The van der Waals surface area contributed by atoms with E-state index in [1.807, 2.05) is 6.07 Å². The number of ether oxygens (including phenoxy) is 1. The van der Waals surface area contributed by atoms with Crippen LogP contribution >= 0.6 is 0 Å². The summed E-state index contributed by atoms with van der Waals surface area (Å²) in [5.74, 6) is 0.190. The Kier molecular flexibility index (Phi) is 4.45. The maximum Gasteiger partial charge on any atom is 0.437 e. The van der Waals surface area contributed by atoms with Crippen molar-refractivity contribution < 1.29 is 18.7 Å². The molecule has 2 heterocycles. The number of nitrogens with zero attached hydrogens (tertiary/aromatic N) is 3. The first-order chi connectivity index (χ1) is 11.7. The van der Waals surface area contributed by atoms with Crippen molar-refractivity contribution in [2.24, 2.45) is 0 Å². The molecule has 8 nitrogen and oxygen atoms in total. The Bertz CT molecular complexity index is 887. The lowest BCUT2D eigenvalue weighted by molar-refractivity contribution is 0.0875. The number of benzene rings is 1. The van der Waals surface area contributed by atoms with E-state index in [0.717, 1.165) is 4.68 Å². The summed E-state index contributed by atoms with van der Waals surface area (Å²) in [6.45, 7) is -0.124. The average Bonchev–Trinajstić information content (AvgIpc) is 3.24. The first-order valence-corrected chi connectivity index (χ1v) is 7.08. The molecule has 1 unspecified atom stereocenters. The zero-order chi connectivity index (χ0) is 16.9. The standard InChI is InChI=1S/C16H13N3O5/c17-8-11-3-5-13(6-4-11)23-10-12(20)9-19-16(21)24-15(18-19)14-2-1-7-22-14/h1-7,12,20H,9-10H2. The summed E-state index contributed by atoms with van der Waals surface area (Å²) in [6.07, 6.45) is 0.474. The van der Waals surface area contributed by atoms with E-state index in [9.17, 15) is 9.90 Å². The van der Waals surface area contributed by atoms with Crippen LogP contribution in [-0.2, 0) is 6.54 Å². The Balaban J connectivity index is 1.59. The molecule has 0 aliphatic rings. The van der Waals surface area contributed by atoms with E-state index in [-0.39, 0.29) is 19.0 Å². The van der Waals surface area contributed by atoms with Crippen molar-refractivity contribution in [2.45, 2.75) is 12.6 Å². The van der Waals surface area contributed by atoms with Gasteiger partial charge in [0, 0.05) is 0 Å². The van der Waals surface area contributed by atoms with E-state index >= 15 is 0 Å². The average molecular weight is 327 g/mol. The van der Waals surface area contributed by atoms with Crippen LogP contribution in [0.1, 0.15) is 5.56 Å². The number of nitriles is 1. The second kappa shape index (κ2) is 6.85. The van der Waals surface area contributed by atoms with Crippen LogP contribution in [0, 0.1) is 11.3 Å². The molecule has 3 aromatic rings. The van der Waals surface area contributed by atoms with Crippen LogP contribution in [-0.4, -0.2) is 27.6 Å². The lowest BCUT2D eigenvalue weighted by atomic mass is 10.2. The van der Waals surface area contributed by atoms with Crippen LogP contribution in [0.2, 0.25) is 0 Å². The van der Waals surface area contributed by atoms with Gasteiger partial charge in [0.05, 0.1) is 24.4 Å². The normalized spacial score (nSPS) is 11.8. The Hall–Kier alpha value is -3.31. The predicted molar refractivity (Wildman–Crippen MR) is 81.1 cm³/mol. The van der Waals surface area contributed by atoms with Gasteiger partial charge < -0.3 is 18.7 Å². The largest absolute Gasteiger partial charge is 0.491 e. The van der Waals surface area contributed by atoms with Crippen molar-refractivity contribution >= 4 is 0 Å². The summed E-state index contributed by atoms with van der Waals surface area (Å²) in [5.41, 5.74) is 0.516. The predicted octanol–water partition coefficient (Wildman–Crippen LogP) is 1.41. The molecule has 0 saturated heterocycles. The fourth-order valence-corrected chi connectivity index (χ4v) is 1.99. The zero-order valence-electron chi connectivity index (χ0n) is 12.5. The number of furan rings is 1. The van der Waals surface area contributed by atoms with Gasteiger partial charge in [-0.25, -0.2) is 4.79 Å². The fraction of sp³-hybridized carbons (Fsp3) is 0.188. The Morgan fingerprint density at radius 1 is 1.33 bits per heavy atom. The molecule has 1 atom stereocenters. The van der Waals surface area contributed by atoms with Gasteiger partial charge in [-0.3, -0.25) is 0 Å². The highest BCUT2D eigenvalue weighted by Gasteiger charge is 2.15. The Morgan fingerprint density at radius 2 is 2.12 bits per heavy atom. The van der Waals surface area contributed by atoms with Crippen LogP contribution < -0.4 is 10.5 Å². The molecule has 3 rings (SSSR count). The summed E-state index contributed by atoms with van der Waals surface area (Å²) in [4.78, 5) is 11.7. The molecule has 0 spiro atoms. The molecule has 0 aliphatic carbocycles. The second-order valence-corrected chi connectivity index (χ2v) is 4.93. The lowest BCUT2D eigenvalue weighted by Gasteiger charge is -2.11. The molecule has 0 bridgehead atoms. The summed E-state index contributed by atoms with van der Waals surface area (Å²) < 4.78 is 16.5. The second-order valence-electron chi connectivity index (χ2n) is 4.93. The monoisotopic (exact) mass is 327 g/mol. The van der Waals surface area contributed by atoms with Gasteiger partial charge in [0.15, 0.2) is 5.76 Å². The molecule has 0 saturated carbocycles. The zero-order valence-corrected chi connectivity index (χ0v) is 12.5. The van der Waals surface area contributed by atoms with E-state index < -0.39 is 11.9 Å². The van der Waals surface area contributed by atoms with Crippen molar-refractivity contribution in [1.82, 2.24) is 9.78 Å². The van der Waals surface area contributed by atoms with Crippen molar-refractivity contribution in [1.29, 1.82) is 5.26 Å². The van der Waals surface area contributed by atoms with Gasteiger partial charge in [0.1, 0.15) is 18.5 Å². The molecular formula is C16H13N3O5. The highest BCUT2D eigenvalue weighted by Crippen LogP contribution is 2.15. The van der Waals surface area contributed by atoms with Crippen molar-refractivity contribution in [3.63, 3.8) is 0 Å². The maximum atomic E-state index is 11.7. The molecule has 122 valence electrons. The third-order valence-corrected chi connectivity index (χ3v) is 3.15. The van der Waals surface area contributed by atoms with Crippen molar-refractivity contribution in [3.8, 4) is 23.5 Å². The lowest BCUT2D eigenvalue weighted by Crippen LogP contribution is -2.29. The van der Waals surface area contributed by atoms with E-state index in [4.69, 9.17) is 18.8 Å². The first-order valence-electron chi connectivity index (χ1n) is 7.08. The molecule has 8 heteroatoms. The van der Waals surface area contributed by atoms with Crippen molar-refractivity contribution in [2.75, 3.05) is 6.61 Å². The van der Waals surface area contributed by atoms with Gasteiger partial charge in [-0.1, -0.05) is 0 Å². The van der Waals surface area contributed by atoms with Gasteiger partial charge in [0.25, 0.3) is 5.89 Å². The number of hydrogen-bond acceptors (Lipinski definition) is 7. The summed E-state index contributed by atoms with van der Waals surface area (Å²) in [5, 5.41) is 22.7. The minimum atomic E-state index is -0.965. The first kappa shape index (κ1) is 15.6. The number of aromatic nitrogens is 2. The molecular weight excluding hydrogens is 314 g/mol. The summed E-state index contributed by atoms with van der Waals surface area (Å²) >= 11 is 0. The van der Waals surface area contributed by atoms with E-state index in [1.54, 1.807) is 36.4 Å². The molecule has 0 amide bonds. The van der Waals surface area contributed by atoms with Crippen LogP contribution in [0.5, 0.6) is 5.75 Å². The molecule has 0 aliphatic heterocycles. The Labute approximate surface area is 136 Å². The Morgan fingerprint density at radius 3 is 2.79 bits per heavy atom. The van der Waals surface area contributed by atoms with Gasteiger partial charge >= 0.3 is 5.76 Å². The van der Waals surface area contributed by atoms with E-state index in [2.05, 4.69) is 5.10 Å². The van der Waals surface area contributed by atoms with Gasteiger partial charge in [-0.2, -0.15) is 9.94 Å². The number of rotatable bonds is 6. The summed E-state index contributed by atoms with van der Waals surface area (Å²) in [6, 6.07) is 11.7. The van der Waals surface area contributed by atoms with Gasteiger partial charge in [0.2, 0.25) is 0 Å². The van der Waals surface area contributed by atoms with Crippen LogP contribution in [0.4, 0.5) is 0 Å². The molecule has 0 radical (unpaired) electrons. The smallest absolute Gasteiger partial charge is 0.437 e. The fourth-order valence-electron chi connectivity index (χ4n) is 1.99. The SMILES string of the molecule is N#Cc1ccc(OCC(O)Cn2nc(-c3ccco3)oc2=O)cc1. The molecule has 2 aromatic heterocycles. The molecule has 24 heavy (non-hydrogen) atoms. The number of hydrogen-bond donors (Lipinski definition) is 1. The molecule has 1 aromatic carbocycles. The molecule has 1 N–H and O–H groups in total. The van der Waals surface area contributed by atoms with E-state index in [0.29, 0.717) is 17.1 Å². The van der Waals surface area contributed by atoms with Gasteiger partial charge in [-0.05, 0) is 36.4 Å². The topological polar surface area (TPSA) is 114 Å². The minimum absolute atomic E-state index is 0.0404. The highest BCUT2D eigenvalue weighted by atomic mass is 16.5. The number of aliphatic hydroxyl groups excluding tert-OH is 1. The van der Waals surface area contributed by atoms with E-state index in [1.165, 1.54) is 6.26 Å². The number of aliphatic hydroxyl groups is 1. The van der Waals surface area contributed by atoms with Crippen LogP contribution in [0.25, 0.3) is 11.7 Å². The third kappa shape index (κ3) is 3.53. The highest BCUT2D eigenvalue weighted by molar-refractivity contribution is 5.42. The maximum absolute atomic E-state index is 11.7. The van der Waals surface area contributed by atoms with Gasteiger partial charge in [-0.15, -0.1) is 5.10 Å². The van der Waals surface area contributed by atoms with Crippen LogP contribution in [0.3, 0.4) is 0 Å². The van der Waals surface area contributed by atoms with Crippen molar-refractivity contribution in [3.05, 3.63) is 58.8 Å². The third-order valence-electron chi connectivity index (χ3n) is 3.15. The van der Waals surface area contributed by atoms with Crippen LogP contribution in [0.15, 0.2) is 56.3 Å². The molecule has 0 fully saturated rings. The summed E-state index contributed by atoms with van der Waals surface area (Å²) in [7, 11) is 0. The minimum Gasteiger partial charge on any atom is -0.491 e. The quantitative estimate of drug-likeness (QED) is 0.728.